The molecule has 0 saturated carbocycles. The Morgan fingerprint density at radius 3 is 2.67 bits per heavy atom. The Labute approximate surface area is 144 Å². The van der Waals surface area contributed by atoms with E-state index in [9.17, 15) is 9.59 Å². The molecule has 0 aliphatic carbocycles. The van der Waals surface area contributed by atoms with E-state index in [0.717, 1.165) is 10.4 Å². The number of aryl methyl sites for hydroxylation is 1. The molecule has 0 bridgehead atoms. The zero-order valence-electron chi connectivity index (χ0n) is 13.4. The summed E-state index contributed by atoms with van der Waals surface area (Å²) in [7, 11) is 0. The van der Waals surface area contributed by atoms with Crippen LogP contribution >= 0.6 is 11.3 Å². The number of carbonyl (C=O) groups is 2. The predicted octanol–water partition coefficient (Wildman–Crippen LogP) is 3.41. The van der Waals surface area contributed by atoms with Gasteiger partial charge >= 0.3 is 0 Å². The highest BCUT2D eigenvalue weighted by Gasteiger charge is 2.16. The first-order valence-corrected chi connectivity index (χ1v) is 8.57. The van der Waals surface area contributed by atoms with Gasteiger partial charge in [0.1, 0.15) is 6.54 Å². The summed E-state index contributed by atoms with van der Waals surface area (Å²) < 4.78 is 1.69. The van der Waals surface area contributed by atoms with Crippen molar-refractivity contribution < 1.29 is 9.59 Å². The zero-order chi connectivity index (χ0) is 16.9. The molecule has 0 unspecified atom stereocenters. The highest BCUT2D eigenvalue weighted by Crippen LogP contribution is 2.15. The molecule has 0 aliphatic heterocycles. The third kappa shape index (κ3) is 3.63. The molecule has 0 aliphatic rings. The molecule has 3 rings (SSSR count). The van der Waals surface area contributed by atoms with Crippen molar-refractivity contribution >= 4 is 23.0 Å². The van der Waals surface area contributed by atoms with Gasteiger partial charge in [0, 0.05) is 16.6 Å². The summed E-state index contributed by atoms with van der Waals surface area (Å²) in [5.41, 5.74) is 2.12. The van der Waals surface area contributed by atoms with Gasteiger partial charge in [0.05, 0.1) is 12.2 Å². The molecular weight excluding hydrogens is 320 g/mol. The molecule has 0 radical (unpaired) electrons. The molecule has 0 atom stereocenters. The van der Waals surface area contributed by atoms with E-state index in [-0.39, 0.29) is 18.2 Å². The van der Waals surface area contributed by atoms with Crippen LogP contribution in [0.4, 0.5) is 0 Å². The van der Waals surface area contributed by atoms with Crippen LogP contribution in [0.2, 0.25) is 0 Å². The van der Waals surface area contributed by atoms with Crippen molar-refractivity contribution in [3.05, 3.63) is 81.8 Å². The number of nitrogens with zero attached hydrogens (tertiary/aromatic N) is 1. The number of rotatable bonds is 6. The van der Waals surface area contributed by atoms with E-state index in [1.807, 2.05) is 48.7 Å². The molecule has 5 heteroatoms. The van der Waals surface area contributed by atoms with Gasteiger partial charge in [-0.1, -0.05) is 30.3 Å². The average molecular weight is 338 g/mol. The van der Waals surface area contributed by atoms with Gasteiger partial charge in [0.2, 0.25) is 11.7 Å². The van der Waals surface area contributed by atoms with Crippen molar-refractivity contribution in [2.45, 2.75) is 20.0 Å². The predicted molar refractivity (Wildman–Crippen MR) is 95.2 cm³/mol. The van der Waals surface area contributed by atoms with Crippen LogP contribution in [0.15, 0.2) is 60.1 Å². The maximum atomic E-state index is 12.7. The highest BCUT2D eigenvalue weighted by atomic mass is 32.1. The van der Waals surface area contributed by atoms with Crippen LogP contribution in [0.1, 0.15) is 26.5 Å². The third-order valence-corrected chi connectivity index (χ3v) is 4.68. The molecule has 2 aromatic heterocycles. The number of nitrogens with one attached hydrogen (secondary N) is 1. The Bertz CT molecular complexity index is 850. The first kappa shape index (κ1) is 16.2. The van der Waals surface area contributed by atoms with Gasteiger partial charge in [0.15, 0.2) is 0 Å². The smallest absolute Gasteiger partial charge is 0.240 e. The van der Waals surface area contributed by atoms with E-state index >= 15 is 0 Å². The zero-order valence-corrected chi connectivity index (χ0v) is 14.2. The molecule has 122 valence electrons. The summed E-state index contributed by atoms with van der Waals surface area (Å²) in [6.07, 6.45) is 1.76. The minimum absolute atomic E-state index is 0.0656. The number of aromatic nitrogens is 1. The van der Waals surface area contributed by atoms with Crippen molar-refractivity contribution in [2.24, 2.45) is 0 Å². The second kappa shape index (κ2) is 7.27. The molecule has 0 fully saturated rings. The molecule has 3 aromatic rings. The molecular formula is C19H18N2O2S. The van der Waals surface area contributed by atoms with Crippen molar-refractivity contribution in [2.75, 3.05) is 0 Å². The molecule has 24 heavy (non-hydrogen) atoms. The van der Waals surface area contributed by atoms with Crippen LogP contribution < -0.4 is 5.32 Å². The van der Waals surface area contributed by atoms with Gasteiger partial charge in [-0.15, -0.1) is 11.3 Å². The summed E-state index contributed by atoms with van der Waals surface area (Å²) in [4.78, 5) is 26.0. The van der Waals surface area contributed by atoms with Crippen LogP contribution in [0.25, 0.3) is 0 Å². The Morgan fingerprint density at radius 1 is 1.08 bits per heavy atom. The maximum absolute atomic E-state index is 12.7. The van der Waals surface area contributed by atoms with Crippen LogP contribution in [0.5, 0.6) is 0 Å². The highest BCUT2D eigenvalue weighted by molar-refractivity contribution is 7.09. The van der Waals surface area contributed by atoms with Crippen LogP contribution in [0, 0.1) is 6.92 Å². The van der Waals surface area contributed by atoms with Crippen LogP contribution in [0.3, 0.4) is 0 Å². The largest absolute Gasteiger partial charge is 0.350 e. The number of hydrogen-bond acceptors (Lipinski definition) is 3. The summed E-state index contributed by atoms with van der Waals surface area (Å²) in [6.45, 7) is 2.55. The normalized spacial score (nSPS) is 10.5. The van der Waals surface area contributed by atoms with Gasteiger partial charge in [-0.2, -0.15) is 0 Å². The van der Waals surface area contributed by atoms with E-state index in [1.165, 1.54) is 0 Å². The fourth-order valence-electron chi connectivity index (χ4n) is 2.53. The molecule has 4 nitrogen and oxygen atoms in total. The molecule has 1 aromatic carbocycles. The lowest BCUT2D eigenvalue weighted by Crippen LogP contribution is -2.27. The van der Waals surface area contributed by atoms with E-state index < -0.39 is 0 Å². The van der Waals surface area contributed by atoms with E-state index in [4.69, 9.17) is 0 Å². The quantitative estimate of drug-likeness (QED) is 0.700. The minimum Gasteiger partial charge on any atom is -0.350 e. The molecule has 1 N–H and O–H groups in total. The monoisotopic (exact) mass is 338 g/mol. The lowest BCUT2D eigenvalue weighted by molar-refractivity contribution is -0.121. The fourth-order valence-corrected chi connectivity index (χ4v) is 3.18. The lowest BCUT2D eigenvalue weighted by atomic mass is 10.0. The average Bonchev–Trinajstić information content (AvgIpc) is 3.24. The van der Waals surface area contributed by atoms with Crippen LogP contribution in [-0.2, 0) is 17.9 Å². The summed E-state index contributed by atoms with van der Waals surface area (Å²) in [5.74, 6) is -0.178. The second-order valence-electron chi connectivity index (χ2n) is 5.52. The Hall–Kier alpha value is -2.66. The van der Waals surface area contributed by atoms with Crippen molar-refractivity contribution in [1.82, 2.24) is 9.88 Å². The lowest BCUT2D eigenvalue weighted by Gasteiger charge is -2.10. The summed E-state index contributed by atoms with van der Waals surface area (Å²) in [6, 6.07) is 15.0. The van der Waals surface area contributed by atoms with Crippen molar-refractivity contribution in [3.8, 4) is 0 Å². The number of benzene rings is 1. The van der Waals surface area contributed by atoms with Crippen molar-refractivity contribution in [3.63, 3.8) is 0 Å². The Kier molecular flexibility index (Phi) is 4.91. The standard InChI is InChI=1S/C19H18N2O2S/c1-14-6-2-3-8-16(14)19(23)17-9-4-10-21(17)13-18(22)20-12-15-7-5-11-24-15/h2-11H,12-13H2,1H3,(H,20,22). The first-order valence-electron chi connectivity index (χ1n) is 7.69. The number of ketones is 1. The van der Waals surface area contributed by atoms with Gasteiger partial charge in [-0.3, -0.25) is 9.59 Å². The van der Waals surface area contributed by atoms with Crippen LogP contribution in [-0.4, -0.2) is 16.3 Å². The molecule has 0 spiro atoms. The van der Waals surface area contributed by atoms with E-state index in [1.54, 1.807) is 34.2 Å². The van der Waals surface area contributed by atoms with Gasteiger partial charge in [0.25, 0.3) is 0 Å². The maximum Gasteiger partial charge on any atom is 0.240 e. The topological polar surface area (TPSA) is 51.1 Å². The number of hydrogen-bond donors (Lipinski definition) is 1. The van der Waals surface area contributed by atoms with Gasteiger partial charge in [-0.05, 0) is 36.1 Å². The summed E-state index contributed by atoms with van der Waals surface area (Å²) >= 11 is 1.60. The number of carbonyl (C=O) groups excluding carboxylic acids is 2. The number of amides is 1. The van der Waals surface area contributed by atoms with Gasteiger partial charge in [-0.25, -0.2) is 0 Å². The van der Waals surface area contributed by atoms with Crippen molar-refractivity contribution in [1.29, 1.82) is 0 Å². The molecule has 2 heterocycles. The van der Waals surface area contributed by atoms with E-state index in [0.29, 0.717) is 17.8 Å². The van der Waals surface area contributed by atoms with Gasteiger partial charge < -0.3 is 9.88 Å². The minimum atomic E-state index is -0.113. The number of thiophene rings is 1. The third-order valence-electron chi connectivity index (χ3n) is 3.81. The summed E-state index contributed by atoms with van der Waals surface area (Å²) in [5, 5.41) is 4.86. The fraction of sp³-hybridized carbons (Fsp3) is 0.158. The SMILES string of the molecule is Cc1ccccc1C(=O)c1cccn1CC(=O)NCc1cccs1. The second-order valence-corrected chi connectivity index (χ2v) is 6.55. The van der Waals surface area contributed by atoms with E-state index in [2.05, 4.69) is 5.32 Å². The molecule has 1 amide bonds. The molecule has 0 saturated heterocycles. The Morgan fingerprint density at radius 2 is 1.92 bits per heavy atom. The first-order chi connectivity index (χ1) is 11.6. The Balaban J connectivity index is 1.70.